The van der Waals surface area contributed by atoms with Crippen molar-refractivity contribution in [2.75, 3.05) is 0 Å². The molecule has 0 spiro atoms. The Morgan fingerprint density at radius 3 is 0.789 bits per heavy atom. The second-order valence-corrected chi connectivity index (χ2v) is 6.36. The van der Waals surface area contributed by atoms with Gasteiger partial charge in [0.25, 0.3) is 0 Å². The molecule has 0 bridgehead atoms. The van der Waals surface area contributed by atoms with Gasteiger partial charge in [0.1, 0.15) is 0 Å². The summed E-state index contributed by atoms with van der Waals surface area (Å²) in [4.78, 5) is 0. The van der Waals surface area contributed by atoms with Crippen LogP contribution in [0.4, 0.5) is 0 Å². The molecule has 0 aliphatic heterocycles. The van der Waals surface area contributed by atoms with Crippen molar-refractivity contribution in [1.29, 1.82) is 2.86 Å². The maximum absolute atomic E-state index is 9.11. The molecule has 128 valence electrons. The van der Waals surface area contributed by atoms with Gasteiger partial charge in [0.15, 0.2) is 0 Å². The molecule has 0 radical (unpaired) electrons. The summed E-state index contributed by atoms with van der Waals surface area (Å²) in [6.45, 7) is 0. The Balaban J connectivity index is -0.0000000569. The van der Waals surface area contributed by atoms with Gasteiger partial charge >= 0.3 is 114 Å². The maximum Gasteiger partial charge on any atom is 0.342 e. The van der Waals surface area contributed by atoms with Gasteiger partial charge in [-0.2, -0.15) is 0 Å². The topological polar surface area (TPSA) is 381 Å². The number of quaternary nitrogens is 4. The Bertz CT molecular complexity index is 707. The molecule has 19 heavy (non-hydrogen) atoms. The summed E-state index contributed by atoms with van der Waals surface area (Å²) in [5.74, 6) is 0. The molecule has 0 aromatic heterocycles. The Morgan fingerprint density at radius 1 is 0.737 bits per heavy atom. The van der Waals surface area contributed by atoms with Crippen molar-refractivity contribution in [3.8, 4) is 0 Å². The van der Waals surface area contributed by atoms with Crippen LogP contribution in [0.1, 0.15) is 0 Å². The summed E-state index contributed by atoms with van der Waals surface area (Å²) in [5.41, 5.74) is 0. The first-order valence-electron chi connectivity index (χ1n) is 9.97. The average molecular weight is 521 g/mol. The fourth-order valence-electron chi connectivity index (χ4n) is 0. The minimum atomic E-state index is -5.75. The van der Waals surface area contributed by atoms with Gasteiger partial charge in [0.2, 0.25) is 0 Å². The molecular weight excluding hydrogens is 485 g/mol. The first-order valence-corrected chi connectivity index (χ1v) is 10.4. The van der Waals surface area contributed by atoms with Gasteiger partial charge in [-0.1, -0.05) is 0 Å². The van der Waals surface area contributed by atoms with E-state index < -0.39 is 64.6 Å². The molecule has 0 fully saturated rings. The van der Waals surface area contributed by atoms with E-state index in [1.54, 1.807) is 0 Å². The quantitative estimate of drug-likeness (QED) is 0.185. The predicted octanol–water partition coefficient (Wildman–Crippen LogP) is -6.22. The summed E-state index contributed by atoms with van der Waals surface area (Å²) in [7, 11) is 0. The van der Waals surface area contributed by atoms with Crippen molar-refractivity contribution in [2.24, 2.45) is 0 Å². The first kappa shape index (κ1) is 6.81. The largest absolute Gasteiger partial charge is 0.369 e. The third-order valence-electron chi connectivity index (χ3n) is 0. The second-order valence-electron chi connectivity index (χ2n) is 1.22. The summed E-state index contributed by atoms with van der Waals surface area (Å²) in [6, 6.07) is 0. The molecule has 0 saturated carbocycles. The molecule has 0 atom stereocenters. The SMILES string of the molecule is O=[Se](=O)([O-])[O-].[2H]O[Se](=O)(=O)[O-].[2H]O[Se](=O)(=O)[O-].[2H][N+]([2H])([2H])[2H].[2H][N+]([2H])([2H])[2H].[2H][N+]([2H])([2H])[2H].[2H][N+]([2H])([2H])[2H]. The van der Waals surface area contributed by atoms with Crippen LogP contribution >= 0.6 is 0 Å². The van der Waals surface area contributed by atoms with Crippen LogP contribution in [-0.2, 0) is 23.0 Å². The maximum atomic E-state index is 9.11. The molecule has 18 N–H and O–H groups in total. The molecule has 0 amide bonds. The van der Waals surface area contributed by atoms with Gasteiger partial charge in [-0.15, -0.1) is 0 Å². The molecule has 16 nitrogen and oxygen atoms in total. The van der Waals surface area contributed by atoms with Crippen molar-refractivity contribution in [3.05, 3.63) is 0 Å². The third kappa shape index (κ3) is 2650000. The Labute approximate surface area is 139 Å². The van der Waals surface area contributed by atoms with Crippen molar-refractivity contribution in [2.45, 2.75) is 0 Å². The first-order chi connectivity index (χ1) is 15.1. The summed E-state index contributed by atoms with van der Waals surface area (Å²) >= 11 is -16.5. The van der Waals surface area contributed by atoms with Crippen LogP contribution in [-0.4, -0.2) is 51.3 Å². The van der Waals surface area contributed by atoms with E-state index in [1.807, 2.05) is 0 Å². The molecule has 0 rings (SSSR count). The van der Waals surface area contributed by atoms with Gasteiger partial charge in [-0.25, -0.2) is 0 Å². The van der Waals surface area contributed by atoms with E-state index in [9.17, 15) is 0 Å². The van der Waals surface area contributed by atoms with Crippen LogP contribution in [0, 0.1) is 0 Å². The van der Waals surface area contributed by atoms with Gasteiger partial charge in [-0.3, -0.25) is 0 Å². The van der Waals surface area contributed by atoms with Gasteiger partial charge < -0.3 is 24.5 Å². The van der Waals surface area contributed by atoms with Crippen molar-refractivity contribution < 1.29 is 70.7 Å². The zero-order valence-electron chi connectivity index (χ0n) is 25.9. The van der Waals surface area contributed by atoms with Gasteiger partial charge in [-0.05, 0) is 0 Å². The number of rotatable bonds is 2. The van der Waals surface area contributed by atoms with Crippen LogP contribution in [0.2, 0.25) is 22.6 Å². The summed E-state index contributed by atoms with van der Waals surface area (Å²) < 4.78 is 199. The number of hydrogen-bond donors (Lipinski definition) is 6. The van der Waals surface area contributed by atoms with Gasteiger partial charge in [0, 0.05) is 0 Å². The zero-order valence-corrected chi connectivity index (χ0v) is 13.1. The fraction of sp³-hybridized carbons (Fsp3) is 0. The third-order valence-corrected chi connectivity index (χ3v) is 0. The molecular formula is H18N4O12Se3. The Hall–Kier alpha value is -0.0416. The van der Waals surface area contributed by atoms with Crippen LogP contribution in [0.3, 0.4) is 0 Å². The van der Waals surface area contributed by atoms with E-state index in [1.165, 1.54) is 0 Å². The Morgan fingerprint density at radius 2 is 0.789 bits per heavy atom. The fourth-order valence-corrected chi connectivity index (χ4v) is 0. The molecule has 0 aliphatic carbocycles. The Kier molecular flexibility index (Phi) is 5.74. The standard InChI is InChI=1S/4H3N.3H2O4Se/c;;;;3*1-5(2,3)4/h4*1H3;3*(H2,1,2,3,4)/i/hD18. The minimum Gasteiger partial charge on any atom is -0.369 e. The zero-order chi connectivity index (χ0) is 32.9. The molecule has 0 heterocycles. The van der Waals surface area contributed by atoms with Crippen molar-refractivity contribution in [3.63, 3.8) is 0 Å². The summed E-state index contributed by atoms with van der Waals surface area (Å²) in [6.07, 6.45) is -8.00. The number of hydrogen-bond acceptors (Lipinski definition) is 12. The van der Waals surface area contributed by atoms with Crippen molar-refractivity contribution in [1.82, 2.24) is 24.5 Å². The van der Waals surface area contributed by atoms with E-state index >= 15 is 0 Å². The van der Waals surface area contributed by atoms with E-state index in [0.29, 0.717) is 0 Å². The molecule has 0 aliphatic rings. The van der Waals surface area contributed by atoms with Crippen LogP contribution in [0.25, 0.3) is 0 Å². The van der Waals surface area contributed by atoms with E-state index in [0.717, 1.165) is 0 Å². The second kappa shape index (κ2) is 16.0. The molecule has 0 saturated heterocycles. The predicted molar refractivity (Wildman–Crippen MR) is 49.8 cm³/mol. The molecule has 0 aromatic rings. The normalized spacial score (nSPS) is 24.0. The van der Waals surface area contributed by atoms with Crippen molar-refractivity contribution >= 4 is 40.1 Å². The van der Waals surface area contributed by atoms with Gasteiger partial charge in [0.05, 0.1) is 0 Å². The monoisotopic (exact) mass is 524 g/mol. The molecule has 0 aromatic carbocycles. The summed E-state index contributed by atoms with van der Waals surface area (Å²) in [5, 5.41) is 0. The van der Waals surface area contributed by atoms with Crippen LogP contribution < -0.4 is 41.2 Å². The molecule has 0 unspecified atom stereocenters. The van der Waals surface area contributed by atoms with E-state index in [4.69, 9.17) is 65.2 Å². The van der Waals surface area contributed by atoms with E-state index in [2.05, 4.69) is 8.38 Å². The minimum absolute atomic E-state index is 2.00. The van der Waals surface area contributed by atoms with Crippen LogP contribution in [0.5, 0.6) is 0 Å². The average Bonchev–Trinajstić information content (AvgIpc) is 2.37. The van der Waals surface area contributed by atoms with Crippen LogP contribution in [0.15, 0.2) is 0 Å². The van der Waals surface area contributed by atoms with E-state index in [-0.39, 0.29) is 0 Å². The molecule has 19 heteroatoms. The smallest absolute Gasteiger partial charge is 0.342 e.